The van der Waals surface area contributed by atoms with Gasteiger partial charge in [0.25, 0.3) is 0 Å². The van der Waals surface area contributed by atoms with E-state index in [-0.39, 0.29) is 0 Å². The number of piperazine rings is 1. The Hall–Kier alpha value is -0.860. The first-order chi connectivity index (χ1) is 10.4. The quantitative estimate of drug-likeness (QED) is 0.913. The van der Waals surface area contributed by atoms with Gasteiger partial charge in [-0.3, -0.25) is 4.90 Å². The van der Waals surface area contributed by atoms with Crippen molar-refractivity contribution in [1.82, 2.24) is 10.2 Å². The molecule has 2 nitrogen and oxygen atoms in total. The van der Waals surface area contributed by atoms with Crippen LogP contribution in [0.25, 0.3) is 0 Å². The lowest BCUT2D eigenvalue weighted by molar-refractivity contribution is 0.0977. The normalized spacial score (nSPS) is 36.1. The monoisotopic (exact) mass is 282 g/mol. The smallest absolute Gasteiger partial charge is 0.0249 e. The molecule has 2 saturated carbocycles. The average Bonchev–Trinajstić information content (AvgIpc) is 3.38. The van der Waals surface area contributed by atoms with Crippen molar-refractivity contribution in [2.75, 3.05) is 19.6 Å². The molecule has 0 aromatic heterocycles. The largest absolute Gasteiger partial charge is 0.311 e. The van der Waals surface area contributed by atoms with Gasteiger partial charge in [0.2, 0.25) is 0 Å². The van der Waals surface area contributed by atoms with Crippen molar-refractivity contribution in [3.8, 4) is 0 Å². The van der Waals surface area contributed by atoms with Gasteiger partial charge in [-0.2, -0.15) is 0 Å². The molecule has 1 N–H and O–H groups in total. The molecule has 1 saturated heterocycles. The average molecular weight is 282 g/mol. The molecule has 1 aliphatic heterocycles. The van der Waals surface area contributed by atoms with Crippen LogP contribution in [0, 0.1) is 11.8 Å². The van der Waals surface area contributed by atoms with Gasteiger partial charge in [-0.05, 0) is 55.1 Å². The lowest BCUT2D eigenvalue weighted by Crippen LogP contribution is -2.59. The summed E-state index contributed by atoms with van der Waals surface area (Å²) in [5.74, 6) is 2.79. The van der Waals surface area contributed by atoms with E-state index in [1.54, 1.807) is 11.1 Å². The zero-order chi connectivity index (χ0) is 13.8. The predicted molar refractivity (Wildman–Crippen MR) is 85.5 cm³/mol. The molecule has 2 heteroatoms. The highest BCUT2D eigenvalue weighted by Crippen LogP contribution is 2.42. The number of fused-ring (bicyclic) bond motifs is 1. The standard InChI is InChI=1S/C19H26N2/c1-2-4-17-15(3-1)9-16(17)11-21-12-18(13-5-6-13)20-10-19(21)14-7-8-14/h1-4,13-14,16,18-20H,5-12H2. The number of hydrogen-bond donors (Lipinski definition) is 1. The van der Waals surface area contributed by atoms with Crippen molar-refractivity contribution in [1.29, 1.82) is 0 Å². The molecule has 112 valence electrons. The molecule has 0 bridgehead atoms. The Bertz CT molecular complexity index is 532. The predicted octanol–water partition coefficient (Wildman–Crippen LogP) is 2.79. The lowest BCUT2D eigenvalue weighted by Gasteiger charge is -2.44. The number of nitrogens with one attached hydrogen (secondary N) is 1. The molecule has 1 heterocycles. The lowest BCUT2D eigenvalue weighted by atomic mass is 9.77. The molecule has 1 aromatic carbocycles. The summed E-state index contributed by atoms with van der Waals surface area (Å²) < 4.78 is 0. The summed E-state index contributed by atoms with van der Waals surface area (Å²) in [6.07, 6.45) is 7.18. The Morgan fingerprint density at radius 3 is 2.62 bits per heavy atom. The Kier molecular flexibility index (Phi) is 2.91. The number of hydrogen-bond acceptors (Lipinski definition) is 2. The zero-order valence-electron chi connectivity index (χ0n) is 12.8. The summed E-state index contributed by atoms with van der Waals surface area (Å²) in [4.78, 5) is 2.87. The van der Waals surface area contributed by atoms with E-state index in [0.717, 1.165) is 29.8 Å². The molecular formula is C19H26N2. The maximum absolute atomic E-state index is 3.87. The minimum atomic E-state index is 0.787. The molecule has 1 aromatic rings. The third-order valence-electron chi connectivity index (χ3n) is 6.26. The van der Waals surface area contributed by atoms with Crippen molar-refractivity contribution in [3.05, 3.63) is 35.4 Å². The van der Waals surface area contributed by atoms with Gasteiger partial charge in [0, 0.05) is 37.6 Å². The van der Waals surface area contributed by atoms with Crippen LogP contribution in [0.5, 0.6) is 0 Å². The maximum atomic E-state index is 3.87. The van der Waals surface area contributed by atoms with Crippen molar-refractivity contribution >= 4 is 0 Å². The third kappa shape index (κ3) is 2.33. The van der Waals surface area contributed by atoms with Crippen LogP contribution in [0.15, 0.2) is 24.3 Å². The zero-order valence-corrected chi connectivity index (χ0v) is 12.8. The van der Waals surface area contributed by atoms with Crippen molar-refractivity contribution in [2.24, 2.45) is 11.8 Å². The van der Waals surface area contributed by atoms with Crippen LogP contribution < -0.4 is 5.32 Å². The molecule has 0 amide bonds. The Morgan fingerprint density at radius 1 is 1.05 bits per heavy atom. The van der Waals surface area contributed by atoms with E-state index in [9.17, 15) is 0 Å². The molecule has 0 spiro atoms. The fourth-order valence-electron chi connectivity index (χ4n) is 4.63. The van der Waals surface area contributed by atoms with Gasteiger partial charge in [0.1, 0.15) is 0 Å². The minimum Gasteiger partial charge on any atom is -0.311 e. The summed E-state index contributed by atoms with van der Waals surface area (Å²) in [6, 6.07) is 10.7. The first kappa shape index (κ1) is 12.7. The van der Waals surface area contributed by atoms with Gasteiger partial charge >= 0.3 is 0 Å². The Balaban J connectivity index is 1.30. The molecule has 5 rings (SSSR count). The van der Waals surface area contributed by atoms with Crippen molar-refractivity contribution < 1.29 is 0 Å². The molecule has 4 aliphatic rings. The topological polar surface area (TPSA) is 15.3 Å². The first-order valence-corrected chi connectivity index (χ1v) is 8.94. The van der Waals surface area contributed by atoms with Crippen LogP contribution in [0.2, 0.25) is 0 Å². The number of nitrogens with zero attached hydrogens (tertiary/aromatic N) is 1. The van der Waals surface area contributed by atoms with Gasteiger partial charge in [0.05, 0.1) is 0 Å². The highest BCUT2D eigenvalue weighted by Gasteiger charge is 2.43. The van der Waals surface area contributed by atoms with Crippen LogP contribution in [-0.4, -0.2) is 36.6 Å². The fraction of sp³-hybridized carbons (Fsp3) is 0.684. The highest BCUT2D eigenvalue weighted by atomic mass is 15.2. The second kappa shape index (κ2) is 4.82. The van der Waals surface area contributed by atoms with Gasteiger partial charge in [-0.1, -0.05) is 24.3 Å². The number of rotatable bonds is 4. The van der Waals surface area contributed by atoms with E-state index in [4.69, 9.17) is 0 Å². The molecular weight excluding hydrogens is 256 g/mol. The molecule has 3 unspecified atom stereocenters. The fourth-order valence-corrected chi connectivity index (χ4v) is 4.63. The van der Waals surface area contributed by atoms with Crippen LogP contribution in [-0.2, 0) is 6.42 Å². The van der Waals surface area contributed by atoms with Crippen LogP contribution in [0.3, 0.4) is 0 Å². The Labute approximate surface area is 127 Å². The van der Waals surface area contributed by atoms with E-state index in [0.29, 0.717) is 0 Å². The van der Waals surface area contributed by atoms with E-state index in [1.165, 1.54) is 51.7 Å². The van der Waals surface area contributed by atoms with Gasteiger partial charge in [-0.25, -0.2) is 0 Å². The van der Waals surface area contributed by atoms with E-state index in [2.05, 4.69) is 34.5 Å². The van der Waals surface area contributed by atoms with Crippen LogP contribution >= 0.6 is 0 Å². The summed E-state index contributed by atoms with van der Waals surface area (Å²) in [7, 11) is 0. The van der Waals surface area contributed by atoms with E-state index < -0.39 is 0 Å². The molecule has 0 radical (unpaired) electrons. The summed E-state index contributed by atoms with van der Waals surface area (Å²) in [5, 5.41) is 3.87. The molecule has 21 heavy (non-hydrogen) atoms. The summed E-state index contributed by atoms with van der Waals surface area (Å²) >= 11 is 0. The summed E-state index contributed by atoms with van der Waals surface area (Å²) in [6.45, 7) is 3.87. The van der Waals surface area contributed by atoms with E-state index in [1.807, 2.05) is 0 Å². The van der Waals surface area contributed by atoms with Crippen LogP contribution in [0.4, 0.5) is 0 Å². The second-order valence-electron chi connectivity index (χ2n) is 7.81. The minimum absolute atomic E-state index is 0.787. The molecule has 3 fully saturated rings. The Morgan fingerprint density at radius 2 is 1.86 bits per heavy atom. The maximum Gasteiger partial charge on any atom is 0.0249 e. The molecule has 3 aliphatic carbocycles. The van der Waals surface area contributed by atoms with Crippen LogP contribution in [0.1, 0.15) is 42.7 Å². The van der Waals surface area contributed by atoms with E-state index >= 15 is 0 Å². The third-order valence-corrected chi connectivity index (χ3v) is 6.26. The van der Waals surface area contributed by atoms with Gasteiger partial charge in [-0.15, -0.1) is 0 Å². The second-order valence-corrected chi connectivity index (χ2v) is 7.81. The number of benzene rings is 1. The van der Waals surface area contributed by atoms with Gasteiger partial charge < -0.3 is 5.32 Å². The SMILES string of the molecule is c1ccc2c(c1)CC2CN1CC(C2CC2)NCC1C1CC1. The van der Waals surface area contributed by atoms with Gasteiger partial charge in [0.15, 0.2) is 0 Å². The highest BCUT2D eigenvalue weighted by molar-refractivity contribution is 5.40. The van der Waals surface area contributed by atoms with Crippen molar-refractivity contribution in [2.45, 2.75) is 50.1 Å². The van der Waals surface area contributed by atoms with Crippen molar-refractivity contribution in [3.63, 3.8) is 0 Å². The molecule has 3 atom stereocenters. The summed E-state index contributed by atoms with van der Waals surface area (Å²) in [5.41, 5.74) is 3.23. The first-order valence-electron chi connectivity index (χ1n) is 8.94.